The summed E-state index contributed by atoms with van der Waals surface area (Å²) < 4.78 is 42.9. The fraction of sp³-hybridized carbons (Fsp3) is 0.409. The summed E-state index contributed by atoms with van der Waals surface area (Å²) in [5, 5.41) is 0. The number of carbonyl (C=O) groups excluding carboxylic acids is 1. The van der Waals surface area contributed by atoms with Crippen LogP contribution in [0.25, 0.3) is 0 Å². The monoisotopic (exact) mass is 507 g/mol. The minimum absolute atomic E-state index is 0.0844. The van der Waals surface area contributed by atoms with Crippen LogP contribution in [-0.2, 0) is 21.2 Å². The molecule has 9 heteroatoms. The maximum absolute atomic E-state index is 14.1. The minimum atomic E-state index is -3.76. The topological polar surface area (TPSA) is 60.9 Å². The van der Waals surface area contributed by atoms with Crippen LogP contribution in [0.5, 0.6) is 0 Å². The smallest absolute Gasteiger partial charge is 0.244 e. The number of hydrogen-bond donors (Lipinski definition) is 0. The van der Waals surface area contributed by atoms with Gasteiger partial charge in [-0.1, -0.05) is 12.1 Å². The van der Waals surface area contributed by atoms with Crippen molar-refractivity contribution in [3.05, 3.63) is 52.3 Å². The second kappa shape index (κ2) is 7.86. The number of sulfonamides is 1. The first-order valence-electron chi connectivity index (χ1n) is 10.5. The molecule has 2 aromatic rings. The first-order chi connectivity index (χ1) is 14.9. The van der Waals surface area contributed by atoms with E-state index in [9.17, 15) is 17.6 Å². The number of hydrogen-bond acceptors (Lipinski definition) is 4. The van der Waals surface area contributed by atoms with E-state index < -0.39 is 10.0 Å². The highest BCUT2D eigenvalue weighted by Gasteiger charge is 2.38. The van der Waals surface area contributed by atoms with Crippen molar-refractivity contribution in [1.82, 2.24) is 4.31 Å². The van der Waals surface area contributed by atoms with Gasteiger partial charge in [0.25, 0.3) is 0 Å². The van der Waals surface area contributed by atoms with Gasteiger partial charge in [-0.3, -0.25) is 4.79 Å². The fourth-order valence-electron chi connectivity index (χ4n) is 4.38. The van der Waals surface area contributed by atoms with E-state index in [2.05, 4.69) is 15.9 Å². The van der Waals surface area contributed by atoms with Crippen molar-refractivity contribution in [1.29, 1.82) is 0 Å². The molecule has 0 spiro atoms. The van der Waals surface area contributed by atoms with Crippen molar-refractivity contribution >= 4 is 43.2 Å². The third-order valence-corrected chi connectivity index (χ3v) is 9.13. The van der Waals surface area contributed by atoms with E-state index >= 15 is 0 Å². The zero-order valence-corrected chi connectivity index (χ0v) is 19.3. The molecule has 2 aliphatic heterocycles. The standard InChI is InChI=1S/C22H23BrFN3O3S/c23-17-13-16-7-8-27(22(28)15-5-6-15)20(16)14-21(17)31(29,30)26-11-9-25(10-12-26)19-4-2-1-3-18(19)24/h1-4,13-15H,5-12H2. The van der Waals surface area contributed by atoms with Gasteiger partial charge in [-0.2, -0.15) is 4.31 Å². The van der Waals surface area contributed by atoms with E-state index in [4.69, 9.17) is 0 Å². The molecule has 0 bridgehead atoms. The van der Waals surface area contributed by atoms with Crippen molar-refractivity contribution in [3.63, 3.8) is 0 Å². The molecule has 1 amide bonds. The number of halogens is 2. The molecule has 6 nitrogen and oxygen atoms in total. The zero-order valence-electron chi connectivity index (χ0n) is 16.9. The zero-order chi connectivity index (χ0) is 21.8. The van der Waals surface area contributed by atoms with Crippen molar-refractivity contribution < 1.29 is 17.6 Å². The number of piperazine rings is 1. The molecular weight excluding hydrogens is 485 g/mol. The maximum atomic E-state index is 14.1. The third kappa shape index (κ3) is 3.76. The Morgan fingerprint density at radius 3 is 2.39 bits per heavy atom. The van der Waals surface area contributed by atoms with Crippen LogP contribution < -0.4 is 9.80 Å². The molecule has 2 heterocycles. The van der Waals surface area contributed by atoms with Gasteiger partial charge in [0, 0.05) is 48.8 Å². The minimum Gasteiger partial charge on any atom is -0.367 e. The highest BCUT2D eigenvalue weighted by Crippen LogP contribution is 2.40. The van der Waals surface area contributed by atoms with Crippen molar-refractivity contribution in [3.8, 4) is 0 Å². The summed E-state index contributed by atoms with van der Waals surface area (Å²) in [7, 11) is -3.76. The number of nitrogens with zero attached hydrogens (tertiary/aromatic N) is 3. The van der Waals surface area contributed by atoms with Gasteiger partial charge < -0.3 is 9.80 Å². The molecule has 5 rings (SSSR count). The Balaban J connectivity index is 1.38. The maximum Gasteiger partial charge on any atom is 0.244 e. The average Bonchev–Trinajstić information content (AvgIpc) is 3.53. The van der Waals surface area contributed by atoms with E-state index in [0.29, 0.717) is 35.5 Å². The lowest BCUT2D eigenvalue weighted by atomic mass is 10.2. The van der Waals surface area contributed by atoms with E-state index in [1.54, 1.807) is 29.2 Å². The van der Waals surface area contributed by atoms with Crippen LogP contribution in [0.1, 0.15) is 18.4 Å². The molecule has 0 N–H and O–H groups in total. The molecule has 0 atom stereocenters. The lowest BCUT2D eigenvalue weighted by Crippen LogP contribution is -2.49. The summed E-state index contributed by atoms with van der Waals surface area (Å²) >= 11 is 3.44. The number of fused-ring (bicyclic) bond motifs is 1. The summed E-state index contributed by atoms with van der Waals surface area (Å²) in [6, 6.07) is 10.0. The van der Waals surface area contributed by atoms with Gasteiger partial charge in [0.05, 0.1) is 10.6 Å². The SMILES string of the molecule is O=C(C1CC1)N1CCc2cc(Br)c(S(=O)(=O)N3CCN(c4ccccc4F)CC3)cc21. The van der Waals surface area contributed by atoms with Crippen molar-refractivity contribution in [2.24, 2.45) is 5.92 Å². The predicted octanol–water partition coefficient (Wildman–Crippen LogP) is 3.40. The number of para-hydroxylation sites is 1. The van der Waals surface area contributed by atoms with E-state index in [-0.39, 0.29) is 35.6 Å². The Morgan fingerprint density at radius 1 is 1.00 bits per heavy atom. The summed E-state index contributed by atoms with van der Waals surface area (Å²) in [5.74, 6) is -0.121. The van der Waals surface area contributed by atoms with Gasteiger partial charge >= 0.3 is 0 Å². The molecule has 1 aliphatic carbocycles. The van der Waals surface area contributed by atoms with Crippen LogP contribution in [0.3, 0.4) is 0 Å². The second-order valence-corrected chi connectivity index (χ2v) is 11.0. The summed E-state index contributed by atoms with van der Waals surface area (Å²) in [5.41, 5.74) is 2.19. The third-order valence-electron chi connectivity index (χ3n) is 6.27. The lowest BCUT2D eigenvalue weighted by molar-refractivity contribution is -0.119. The first-order valence-corrected chi connectivity index (χ1v) is 12.7. The Labute approximate surface area is 189 Å². The normalized spacial score (nSPS) is 19.5. The van der Waals surface area contributed by atoms with E-state index in [1.165, 1.54) is 10.4 Å². The van der Waals surface area contributed by atoms with Gasteiger partial charge in [0.2, 0.25) is 15.9 Å². The predicted molar refractivity (Wildman–Crippen MR) is 120 cm³/mol. The number of anilines is 2. The molecule has 0 radical (unpaired) electrons. The van der Waals surface area contributed by atoms with Gasteiger partial charge in [-0.25, -0.2) is 12.8 Å². The van der Waals surface area contributed by atoms with Crippen LogP contribution in [0, 0.1) is 11.7 Å². The highest BCUT2D eigenvalue weighted by molar-refractivity contribution is 9.10. The van der Waals surface area contributed by atoms with E-state index in [0.717, 1.165) is 24.8 Å². The van der Waals surface area contributed by atoms with Crippen molar-refractivity contribution in [2.75, 3.05) is 42.5 Å². The lowest BCUT2D eigenvalue weighted by Gasteiger charge is -2.35. The molecule has 1 saturated carbocycles. The number of amides is 1. The highest BCUT2D eigenvalue weighted by atomic mass is 79.9. The Bertz CT molecular complexity index is 1140. The molecule has 1 saturated heterocycles. The Kier molecular flexibility index (Phi) is 5.30. The molecule has 164 valence electrons. The van der Waals surface area contributed by atoms with Crippen molar-refractivity contribution in [2.45, 2.75) is 24.2 Å². The molecule has 31 heavy (non-hydrogen) atoms. The van der Waals surface area contributed by atoms with Crippen LogP contribution in [0.15, 0.2) is 45.8 Å². The molecule has 2 aromatic carbocycles. The first kappa shape index (κ1) is 20.9. The Morgan fingerprint density at radius 2 is 1.71 bits per heavy atom. The second-order valence-electron chi connectivity index (χ2n) is 8.27. The van der Waals surface area contributed by atoms with Crippen LogP contribution in [0.4, 0.5) is 15.8 Å². The molecule has 0 aromatic heterocycles. The molecule has 0 unspecified atom stereocenters. The van der Waals surface area contributed by atoms with Crippen LogP contribution >= 0.6 is 15.9 Å². The molecular formula is C22H23BrFN3O3S. The largest absolute Gasteiger partial charge is 0.367 e. The fourth-order valence-corrected chi connectivity index (χ4v) is 6.87. The summed E-state index contributed by atoms with van der Waals surface area (Å²) in [4.78, 5) is 16.4. The van der Waals surface area contributed by atoms with E-state index in [1.807, 2.05) is 11.0 Å². The number of carbonyl (C=O) groups is 1. The van der Waals surface area contributed by atoms with Gasteiger partial charge in [0.1, 0.15) is 5.82 Å². The summed E-state index contributed by atoms with van der Waals surface area (Å²) in [6.07, 6.45) is 2.56. The summed E-state index contributed by atoms with van der Waals surface area (Å²) in [6.45, 7) is 1.96. The van der Waals surface area contributed by atoms with Crippen LogP contribution in [-0.4, -0.2) is 51.4 Å². The molecule has 3 aliphatic rings. The van der Waals surface area contributed by atoms with Gasteiger partial charge in [-0.15, -0.1) is 0 Å². The molecule has 2 fully saturated rings. The number of benzene rings is 2. The Hall–Kier alpha value is -1.97. The van der Waals surface area contributed by atoms with Gasteiger partial charge in [-0.05, 0) is 65.0 Å². The average molecular weight is 508 g/mol. The van der Waals surface area contributed by atoms with Crippen LogP contribution in [0.2, 0.25) is 0 Å². The number of rotatable bonds is 4. The quantitative estimate of drug-likeness (QED) is 0.636. The van der Waals surface area contributed by atoms with Gasteiger partial charge in [0.15, 0.2) is 0 Å².